The van der Waals surface area contributed by atoms with Gasteiger partial charge < -0.3 is 14.4 Å². The van der Waals surface area contributed by atoms with E-state index in [9.17, 15) is 14.7 Å². The second kappa shape index (κ2) is 7.60. The summed E-state index contributed by atoms with van der Waals surface area (Å²) in [5.41, 5.74) is -0.720. The minimum Gasteiger partial charge on any atom is -0.465 e. The van der Waals surface area contributed by atoms with Crippen LogP contribution in [0.3, 0.4) is 0 Å². The van der Waals surface area contributed by atoms with Crippen molar-refractivity contribution < 1.29 is 19.1 Å². The van der Waals surface area contributed by atoms with Crippen molar-refractivity contribution in [3.05, 3.63) is 58.5 Å². The number of unbranched alkanes of at least 4 members (excludes halogenated alkanes) is 1. The molecule has 0 bridgehead atoms. The Hall–Kier alpha value is -2.18. The molecule has 1 aliphatic heterocycles. The number of furan rings is 1. The van der Waals surface area contributed by atoms with E-state index in [4.69, 9.17) is 4.42 Å². The molecule has 1 N–H and O–H groups in total. The Morgan fingerprint density at radius 1 is 1.38 bits per heavy atom. The van der Waals surface area contributed by atoms with Gasteiger partial charge in [0.1, 0.15) is 5.76 Å². The topological polar surface area (TPSA) is 70.8 Å². The average molecular weight is 418 g/mol. The molecule has 0 fully saturated rings. The van der Waals surface area contributed by atoms with E-state index in [1.807, 2.05) is 13.0 Å². The van der Waals surface area contributed by atoms with Gasteiger partial charge in [-0.05, 0) is 48.9 Å². The molecule has 5 nitrogen and oxygen atoms in total. The number of halogens is 1. The number of anilines is 1. The Balaban J connectivity index is 1.88. The van der Waals surface area contributed by atoms with Crippen LogP contribution in [0.1, 0.15) is 37.5 Å². The maximum absolute atomic E-state index is 12.9. The highest BCUT2D eigenvalue weighted by molar-refractivity contribution is 9.10. The molecule has 136 valence electrons. The molecule has 1 unspecified atom stereocenters. The third kappa shape index (κ3) is 3.52. The molecule has 0 radical (unpaired) electrons. The van der Waals surface area contributed by atoms with Gasteiger partial charge in [0.15, 0.2) is 11.4 Å². The number of nitrogens with zero attached hydrogens (tertiary/aromatic N) is 1. The molecule has 3 rings (SSSR count). The van der Waals surface area contributed by atoms with Crippen molar-refractivity contribution in [2.24, 2.45) is 0 Å². The quantitative estimate of drug-likeness (QED) is 0.689. The summed E-state index contributed by atoms with van der Waals surface area (Å²) in [4.78, 5) is 26.9. The lowest BCUT2D eigenvalue weighted by Crippen LogP contribution is -2.42. The van der Waals surface area contributed by atoms with E-state index in [-0.39, 0.29) is 12.2 Å². The molecule has 1 aromatic carbocycles. The van der Waals surface area contributed by atoms with Gasteiger partial charge in [0.05, 0.1) is 18.4 Å². The summed E-state index contributed by atoms with van der Waals surface area (Å²) in [5.74, 6) is -0.255. The van der Waals surface area contributed by atoms with E-state index in [1.54, 1.807) is 29.2 Å². The highest BCUT2D eigenvalue weighted by Crippen LogP contribution is 2.43. The Bertz CT molecular complexity index is 844. The minimum absolute atomic E-state index is 0.310. The predicted molar refractivity (Wildman–Crippen MR) is 103 cm³/mol. The van der Waals surface area contributed by atoms with Crippen LogP contribution in [0.4, 0.5) is 5.69 Å². The maximum Gasteiger partial charge on any atom is 0.264 e. The van der Waals surface area contributed by atoms with Crippen molar-refractivity contribution in [2.75, 3.05) is 11.4 Å². The van der Waals surface area contributed by atoms with Crippen LogP contribution in [0, 0.1) is 0 Å². The molecule has 0 saturated carbocycles. The van der Waals surface area contributed by atoms with E-state index in [0.29, 0.717) is 23.6 Å². The molecule has 2 aromatic rings. The number of hydrogen-bond donors (Lipinski definition) is 1. The van der Waals surface area contributed by atoms with E-state index in [2.05, 4.69) is 15.9 Å². The second-order valence-electron chi connectivity index (χ2n) is 6.32. The van der Waals surface area contributed by atoms with Crippen LogP contribution in [0.15, 0.2) is 51.6 Å². The van der Waals surface area contributed by atoms with E-state index >= 15 is 0 Å². The number of rotatable bonds is 7. The van der Waals surface area contributed by atoms with Gasteiger partial charge in [-0.15, -0.1) is 0 Å². The maximum atomic E-state index is 12.9. The van der Waals surface area contributed by atoms with Crippen molar-refractivity contribution in [2.45, 2.75) is 31.8 Å². The lowest BCUT2D eigenvalue weighted by Gasteiger charge is -2.22. The zero-order valence-electron chi connectivity index (χ0n) is 14.4. The van der Waals surface area contributed by atoms with Crippen LogP contribution >= 0.6 is 15.9 Å². The number of allylic oxidation sites excluding steroid dienone is 1. The summed E-state index contributed by atoms with van der Waals surface area (Å²) < 4.78 is 5.90. The fourth-order valence-electron chi connectivity index (χ4n) is 3.10. The van der Waals surface area contributed by atoms with Crippen LogP contribution < -0.4 is 4.90 Å². The van der Waals surface area contributed by atoms with Crippen molar-refractivity contribution in [3.8, 4) is 0 Å². The van der Waals surface area contributed by atoms with Gasteiger partial charge in [-0.1, -0.05) is 29.3 Å². The zero-order valence-corrected chi connectivity index (χ0v) is 16.0. The first kappa shape index (κ1) is 18.6. The average Bonchev–Trinajstić information content (AvgIpc) is 3.20. The molecule has 1 aliphatic rings. The zero-order chi connectivity index (χ0) is 18.7. The third-order valence-corrected chi connectivity index (χ3v) is 4.93. The Labute approximate surface area is 160 Å². The molecule has 6 heteroatoms. The van der Waals surface area contributed by atoms with Crippen molar-refractivity contribution in [1.82, 2.24) is 0 Å². The smallest absolute Gasteiger partial charge is 0.264 e. The molecule has 0 spiro atoms. The van der Waals surface area contributed by atoms with Crippen LogP contribution in [-0.4, -0.2) is 23.3 Å². The molecule has 1 aromatic heterocycles. The number of carbonyl (C=O) groups excluding carboxylic acids is 2. The predicted octanol–water partition coefficient (Wildman–Crippen LogP) is 4.05. The van der Waals surface area contributed by atoms with Gasteiger partial charge in [-0.2, -0.15) is 0 Å². The Morgan fingerprint density at radius 2 is 2.19 bits per heavy atom. The number of carbonyl (C=O) groups is 2. The van der Waals surface area contributed by atoms with Gasteiger partial charge in [-0.3, -0.25) is 9.59 Å². The number of hydrogen-bond acceptors (Lipinski definition) is 4. The van der Waals surface area contributed by atoms with Crippen LogP contribution in [0.5, 0.6) is 0 Å². The molecule has 0 aliphatic carbocycles. The minimum atomic E-state index is -1.85. The Morgan fingerprint density at radius 3 is 2.88 bits per heavy atom. The summed E-state index contributed by atoms with van der Waals surface area (Å²) in [7, 11) is 0. The first-order chi connectivity index (χ1) is 12.5. The number of benzene rings is 1. The molecule has 1 atom stereocenters. The van der Waals surface area contributed by atoms with E-state index in [1.165, 1.54) is 18.4 Å². The SMILES string of the molecule is CCCCN1C(=O)C(O)(CC(=O)/C=C/c2ccco2)c2cc(Br)ccc21. The second-order valence-corrected chi connectivity index (χ2v) is 7.24. The number of fused-ring (bicyclic) bond motifs is 1. The molecule has 2 heterocycles. The lowest BCUT2D eigenvalue weighted by atomic mass is 9.90. The van der Waals surface area contributed by atoms with Crippen molar-refractivity contribution in [1.29, 1.82) is 0 Å². The summed E-state index contributed by atoms with van der Waals surface area (Å²) in [5, 5.41) is 11.1. The number of aliphatic hydroxyl groups is 1. The van der Waals surface area contributed by atoms with Gasteiger partial charge in [0, 0.05) is 16.6 Å². The highest BCUT2D eigenvalue weighted by atomic mass is 79.9. The monoisotopic (exact) mass is 417 g/mol. The normalized spacial score (nSPS) is 19.3. The first-order valence-electron chi connectivity index (χ1n) is 8.54. The van der Waals surface area contributed by atoms with Crippen LogP contribution in [0.2, 0.25) is 0 Å². The first-order valence-corrected chi connectivity index (χ1v) is 9.34. The standard InChI is InChI=1S/C20H20BrNO4/c1-2-3-10-22-18-9-6-14(21)12-17(18)20(25,19(22)24)13-15(23)7-8-16-5-4-11-26-16/h4-9,11-12,25H,2-3,10,13H2,1H3/b8-7+. The van der Waals surface area contributed by atoms with Crippen LogP contribution in [-0.2, 0) is 15.2 Å². The van der Waals surface area contributed by atoms with Crippen molar-refractivity contribution in [3.63, 3.8) is 0 Å². The van der Waals surface area contributed by atoms with E-state index in [0.717, 1.165) is 17.3 Å². The molecule has 26 heavy (non-hydrogen) atoms. The number of ketones is 1. The Kier molecular flexibility index (Phi) is 5.44. The van der Waals surface area contributed by atoms with Gasteiger partial charge in [0.2, 0.25) is 0 Å². The van der Waals surface area contributed by atoms with E-state index < -0.39 is 11.5 Å². The van der Waals surface area contributed by atoms with Gasteiger partial charge in [-0.25, -0.2) is 0 Å². The lowest BCUT2D eigenvalue weighted by molar-refractivity contribution is -0.140. The summed E-state index contributed by atoms with van der Waals surface area (Å²) in [6.45, 7) is 2.56. The van der Waals surface area contributed by atoms with Gasteiger partial charge >= 0.3 is 0 Å². The van der Waals surface area contributed by atoms with Crippen molar-refractivity contribution >= 4 is 39.4 Å². The third-order valence-electron chi connectivity index (χ3n) is 4.44. The molecular formula is C20H20BrNO4. The fourth-order valence-corrected chi connectivity index (χ4v) is 3.47. The largest absolute Gasteiger partial charge is 0.465 e. The summed E-state index contributed by atoms with van der Waals surface area (Å²) in [6, 6.07) is 8.78. The fraction of sp³-hybridized carbons (Fsp3) is 0.300. The molecule has 0 saturated heterocycles. The molecule has 1 amide bonds. The summed E-state index contributed by atoms with van der Waals surface area (Å²) >= 11 is 3.38. The number of amides is 1. The van der Waals surface area contributed by atoms with Gasteiger partial charge in [0.25, 0.3) is 5.91 Å². The summed E-state index contributed by atoms with van der Waals surface area (Å²) in [6.07, 6.45) is 5.81. The molecular weight excluding hydrogens is 398 g/mol. The highest BCUT2D eigenvalue weighted by Gasteiger charge is 2.50. The van der Waals surface area contributed by atoms with Crippen LogP contribution in [0.25, 0.3) is 6.08 Å².